The van der Waals surface area contributed by atoms with E-state index in [1.807, 2.05) is 42.5 Å². The third-order valence-electron chi connectivity index (χ3n) is 4.82. The molecule has 0 aliphatic carbocycles. The Labute approximate surface area is 161 Å². The van der Waals surface area contributed by atoms with Crippen LogP contribution >= 0.6 is 0 Å². The fraction of sp³-hybridized carbons (Fsp3) is 0.238. The number of ether oxygens (including phenoxy) is 1. The number of imidazole rings is 1. The summed E-state index contributed by atoms with van der Waals surface area (Å²) in [5.41, 5.74) is 7.07. The van der Waals surface area contributed by atoms with Crippen LogP contribution in [0, 0.1) is 0 Å². The minimum absolute atomic E-state index is 0.170. The minimum Gasteiger partial charge on any atom is -0.493 e. The molecular formula is C21H21N3O4. The molecule has 0 spiro atoms. The van der Waals surface area contributed by atoms with Gasteiger partial charge in [0, 0.05) is 23.4 Å². The van der Waals surface area contributed by atoms with E-state index in [0.29, 0.717) is 13.0 Å². The van der Waals surface area contributed by atoms with Gasteiger partial charge in [-0.15, -0.1) is 0 Å². The first-order chi connectivity index (χ1) is 13.5. The van der Waals surface area contributed by atoms with Crippen LogP contribution in [0.1, 0.15) is 29.9 Å². The number of nitrogens with two attached hydrogens (primary N) is 1. The van der Waals surface area contributed by atoms with Crippen LogP contribution in [0.5, 0.6) is 5.75 Å². The molecule has 0 radical (unpaired) electrons. The Kier molecular flexibility index (Phi) is 4.75. The maximum Gasteiger partial charge on any atom is 0.268 e. The maximum atomic E-state index is 11.2. The first-order valence-corrected chi connectivity index (χ1v) is 9.08. The molecule has 0 aliphatic heterocycles. The van der Waals surface area contributed by atoms with Crippen molar-refractivity contribution in [2.24, 2.45) is 5.73 Å². The normalized spacial score (nSPS) is 13.6. The second kappa shape index (κ2) is 7.36. The molecule has 2 aromatic heterocycles. The third-order valence-corrected chi connectivity index (χ3v) is 4.82. The highest BCUT2D eigenvalue weighted by atomic mass is 16.5. The summed E-state index contributed by atoms with van der Waals surface area (Å²) in [6.45, 7) is 2.08. The van der Waals surface area contributed by atoms with Crippen molar-refractivity contribution in [1.82, 2.24) is 9.55 Å². The summed E-state index contributed by atoms with van der Waals surface area (Å²) in [4.78, 5) is 15.2. The zero-order chi connectivity index (χ0) is 19.7. The Hall–Kier alpha value is -3.32. The molecule has 1 amide bonds. The number of aromatic nitrogens is 2. The zero-order valence-corrected chi connectivity index (χ0v) is 15.4. The number of carbonyl (C=O) groups excluding carboxylic acids is 1. The number of fused-ring (bicyclic) bond motifs is 3. The third kappa shape index (κ3) is 3.44. The number of aliphatic hydroxyl groups excluding tert-OH is 1. The Bertz CT molecular complexity index is 1130. The summed E-state index contributed by atoms with van der Waals surface area (Å²) in [5.74, 6) is 0.131. The Morgan fingerprint density at radius 2 is 2.04 bits per heavy atom. The van der Waals surface area contributed by atoms with Gasteiger partial charge in [0.25, 0.3) is 5.91 Å². The van der Waals surface area contributed by atoms with Gasteiger partial charge in [-0.1, -0.05) is 18.2 Å². The van der Waals surface area contributed by atoms with Crippen molar-refractivity contribution in [3.63, 3.8) is 0 Å². The minimum atomic E-state index is -0.640. The average molecular weight is 379 g/mol. The quantitative estimate of drug-likeness (QED) is 0.513. The molecule has 2 heterocycles. The highest BCUT2D eigenvalue weighted by Crippen LogP contribution is 2.31. The Morgan fingerprint density at radius 1 is 1.25 bits per heavy atom. The van der Waals surface area contributed by atoms with E-state index in [1.165, 1.54) is 6.33 Å². The van der Waals surface area contributed by atoms with E-state index >= 15 is 0 Å². The summed E-state index contributed by atoms with van der Waals surface area (Å²) in [5, 5.41) is 12.2. The van der Waals surface area contributed by atoms with Gasteiger partial charge in [0.2, 0.25) is 0 Å². The second-order valence-corrected chi connectivity index (χ2v) is 6.77. The number of hydrogen-bond acceptors (Lipinski definition) is 5. The van der Waals surface area contributed by atoms with Gasteiger partial charge in [-0.3, -0.25) is 4.79 Å². The van der Waals surface area contributed by atoms with Gasteiger partial charge in [-0.2, -0.15) is 0 Å². The molecule has 2 aromatic carbocycles. The van der Waals surface area contributed by atoms with Crippen molar-refractivity contribution in [2.45, 2.75) is 25.5 Å². The number of para-hydroxylation sites is 1. The van der Waals surface area contributed by atoms with Crippen molar-refractivity contribution < 1.29 is 19.1 Å². The number of primary amides is 1. The van der Waals surface area contributed by atoms with Crippen LogP contribution in [0.2, 0.25) is 0 Å². The van der Waals surface area contributed by atoms with E-state index < -0.39 is 12.0 Å². The van der Waals surface area contributed by atoms with Crippen molar-refractivity contribution in [2.75, 3.05) is 6.61 Å². The number of benzene rings is 2. The first-order valence-electron chi connectivity index (χ1n) is 9.08. The lowest BCUT2D eigenvalue weighted by Crippen LogP contribution is -2.23. The number of furan rings is 1. The van der Waals surface area contributed by atoms with E-state index in [9.17, 15) is 9.90 Å². The van der Waals surface area contributed by atoms with Crippen LogP contribution in [0.4, 0.5) is 0 Å². The fourth-order valence-corrected chi connectivity index (χ4v) is 3.38. The predicted octanol–water partition coefficient (Wildman–Crippen LogP) is 3.27. The van der Waals surface area contributed by atoms with E-state index in [-0.39, 0.29) is 11.7 Å². The smallest absolute Gasteiger partial charge is 0.268 e. The van der Waals surface area contributed by atoms with Crippen LogP contribution in [0.15, 0.2) is 59.4 Å². The average Bonchev–Trinajstić information content (AvgIpc) is 3.29. The first kappa shape index (κ1) is 18.1. The molecule has 4 rings (SSSR count). The maximum absolute atomic E-state index is 11.2. The van der Waals surface area contributed by atoms with Crippen molar-refractivity contribution >= 4 is 27.8 Å². The van der Waals surface area contributed by atoms with Gasteiger partial charge in [0.15, 0.2) is 0 Å². The SMILES string of the molecule is CC(O)C(CCOc1ccc2oc3ccccc3c2c1)n1cnc(C(N)=O)c1. The van der Waals surface area contributed by atoms with Crippen molar-refractivity contribution in [1.29, 1.82) is 0 Å². The molecule has 28 heavy (non-hydrogen) atoms. The van der Waals surface area contributed by atoms with E-state index in [2.05, 4.69) is 4.98 Å². The summed E-state index contributed by atoms with van der Waals surface area (Å²) in [6, 6.07) is 13.3. The van der Waals surface area contributed by atoms with Gasteiger partial charge in [0.05, 0.1) is 25.1 Å². The molecule has 7 nitrogen and oxygen atoms in total. The van der Waals surface area contributed by atoms with E-state index in [1.54, 1.807) is 17.7 Å². The number of rotatable bonds is 7. The van der Waals surface area contributed by atoms with Crippen LogP contribution in [-0.4, -0.2) is 33.3 Å². The van der Waals surface area contributed by atoms with Gasteiger partial charge in [-0.25, -0.2) is 4.98 Å². The van der Waals surface area contributed by atoms with Crippen molar-refractivity contribution in [3.8, 4) is 5.75 Å². The predicted molar refractivity (Wildman–Crippen MR) is 105 cm³/mol. The van der Waals surface area contributed by atoms with E-state index in [4.69, 9.17) is 14.9 Å². The Morgan fingerprint density at radius 3 is 2.79 bits per heavy atom. The second-order valence-electron chi connectivity index (χ2n) is 6.77. The molecule has 2 unspecified atom stereocenters. The van der Waals surface area contributed by atoms with Crippen LogP contribution in [0.3, 0.4) is 0 Å². The number of nitrogens with zero attached hydrogens (tertiary/aromatic N) is 2. The van der Waals surface area contributed by atoms with Gasteiger partial charge in [-0.05, 0) is 31.2 Å². The van der Waals surface area contributed by atoms with E-state index in [0.717, 1.165) is 27.7 Å². The molecule has 0 saturated carbocycles. The molecule has 144 valence electrons. The zero-order valence-electron chi connectivity index (χ0n) is 15.4. The van der Waals surface area contributed by atoms with Crippen LogP contribution in [0.25, 0.3) is 21.9 Å². The lowest BCUT2D eigenvalue weighted by molar-refractivity contribution is 0.0993. The number of hydrogen-bond donors (Lipinski definition) is 2. The standard InChI is InChI=1S/C21H21N3O4/c1-13(25)18(24-11-17(21(22)26)23-12-24)8-9-27-14-6-7-20-16(10-14)15-4-2-3-5-19(15)28-20/h2-7,10-13,18,25H,8-9H2,1H3,(H2,22,26). The summed E-state index contributed by atoms with van der Waals surface area (Å²) < 4.78 is 13.4. The van der Waals surface area contributed by atoms with Gasteiger partial charge >= 0.3 is 0 Å². The van der Waals surface area contributed by atoms with Crippen LogP contribution < -0.4 is 10.5 Å². The molecule has 0 fully saturated rings. The van der Waals surface area contributed by atoms with Crippen molar-refractivity contribution in [3.05, 3.63) is 60.7 Å². The molecule has 4 aromatic rings. The lowest BCUT2D eigenvalue weighted by atomic mass is 10.1. The lowest BCUT2D eigenvalue weighted by Gasteiger charge is -2.21. The van der Waals surface area contributed by atoms with Crippen LogP contribution in [-0.2, 0) is 0 Å². The summed E-state index contributed by atoms with van der Waals surface area (Å²) in [6.07, 6.45) is 2.94. The molecule has 2 atom stereocenters. The number of carbonyl (C=O) groups is 1. The fourth-order valence-electron chi connectivity index (χ4n) is 3.38. The molecule has 7 heteroatoms. The highest BCUT2D eigenvalue weighted by Gasteiger charge is 2.19. The molecule has 3 N–H and O–H groups in total. The number of amides is 1. The topological polar surface area (TPSA) is 104 Å². The largest absolute Gasteiger partial charge is 0.493 e. The highest BCUT2D eigenvalue weighted by molar-refractivity contribution is 6.05. The molecule has 0 bridgehead atoms. The monoisotopic (exact) mass is 379 g/mol. The number of aliphatic hydroxyl groups is 1. The molecular weight excluding hydrogens is 358 g/mol. The molecule has 0 aliphatic rings. The Balaban J connectivity index is 1.48. The molecule has 0 saturated heterocycles. The van der Waals surface area contributed by atoms with Gasteiger partial charge in [0.1, 0.15) is 22.6 Å². The van der Waals surface area contributed by atoms with Gasteiger partial charge < -0.3 is 24.6 Å². The summed E-state index contributed by atoms with van der Waals surface area (Å²) >= 11 is 0. The summed E-state index contributed by atoms with van der Waals surface area (Å²) in [7, 11) is 0.